The van der Waals surface area contributed by atoms with Gasteiger partial charge >= 0.3 is 5.97 Å². The summed E-state index contributed by atoms with van der Waals surface area (Å²) in [4.78, 5) is 12.0. The van der Waals surface area contributed by atoms with Crippen molar-refractivity contribution in [1.29, 1.82) is 0 Å². The molecular formula is C18H17N3O2. The van der Waals surface area contributed by atoms with Crippen LogP contribution in [0.2, 0.25) is 0 Å². The smallest absolute Gasteiger partial charge is 0.332 e. The Morgan fingerprint density at radius 3 is 2.70 bits per heavy atom. The van der Waals surface area contributed by atoms with Gasteiger partial charge in [-0.3, -0.25) is 0 Å². The number of benzene rings is 2. The predicted molar refractivity (Wildman–Crippen MR) is 88.4 cm³/mol. The summed E-state index contributed by atoms with van der Waals surface area (Å²) in [6.45, 7) is 1.94. The zero-order valence-electron chi connectivity index (χ0n) is 12.8. The standard InChI is InChI=1S/C18H17N3O2/c1-2-17(21-16-11-7-6-10-15(16)19-20-21)23-18(22)13-12-14-8-4-3-5-9-14/h3-13,17H,2H2,1H3/b13-12+. The summed E-state index contributed by atoms with van der Waals surface area (Å²) in [6, 6.07) is 17.2. The SMILES string of the molecule is CCC(OC(=O)/C=C/c1ccccc1)n1nnc2ccccc21. The van der Waals surface area contributed by atoms with E-state index < -0.39 is 12.2 Å². The predicted octanol–water partition coefficient (Wildman–Crippen LogP) is 3.60. The van der Waals surface area contributed by atoms with E-state index in [9.17, 15) is 4.79 Å². The number of carbonyl (C=O) groups is 1. The first-order chi connectivity index (χ1) is 11.3. The zero-order chi connectivity index (χ0) is 16.1. The maximum absolute atomic E-state index is 12.0. The fourth-order valence-corrected chi connectivity index (χ4v) is 2.31. The molecule has 5 nitrogen and oxygen atoms in total. The molecule has 1 heterocycles. The van der Waals surface area contributed by atoms with Crippen molar-refractivity contribution in [1.82, 2.24) is 15.0 Å². The minimum atomic E-state index is -0.477. The Hall–Kier alpha value is -2.95. The van der Waals surface area contributed by atoms with E-state index >= 15 is 0 Å². The topological polar surface area (TPSA) is 57.0 Å². The van der Waals surface area contributed by atoms with Gasteiger partial charge in [0.25, 0.3) is 0 Å². The van der Waals surface area contributed by atoms with Gasteiger partial charge in [0, 0.05) is 12.5 Å². The highest BCUT2D eigenvalue weighted by molar-refractivity contribution is 5.87. The number of fused-ring (bicyclic) bond motifs is 1. The van der Waals surface area contributed by atoms with Gasteiger partial charge < -0.3 is 4.74 Å². The molecule has 1 atom stereocenters. The minimum Gasteiger partial charge on any atom is -0.436 e. The number of rotatable bonds is 5. The van der Waals surface area contributed by atoms with Gasteiger partial charge in [0.15, 0.2) is 6.23 Å². The molecule has 0 aliphatic carbocycles. The lowest BCUT2D eigenvalue weighted by Crippen LogP contribution is -2.16. The summed E-state index contributed by atoms with van der Waals surface area (Å²) in [5.74, 6) is -0.403. The summed E-state index contributed by atoms with van der Waals surface area (Å²) in [5, 5.41) is 8.20. The summed E-state index contributed by atoms with van der Waals surface area (Å²) in [6.07, 6.45) is 3.29. The number of carbonyl (C=O) groups excluding carboxylic acids is 1. The van der Waals surface area contributed by atoms with E-state index in [1.54, 1.807) is 10.8 Å². The van der Waals surface area contributed by atoms with Crippen LogP contribution in [0.3, 0.4) is 0 Å². The molecule has 0 fully saturated rings. The molecule has 0 aliphatic rings. The van der Waals surface area contributed by atoms with E-state index in [4.69, 9.17) is 4.74 Å². The molecule has 3 aromatic rings. The van der Waals surface area contributed by atoms with Crippen LogP contribution in [0.15, 0.2) is 60.7 Å². The molecule has 2 aromatic carbocycles. The van der Waals surface area contributed by atoms with E-state index in [1.165, 1.54) is 6.08 Å². The van der Waals surface area contributed by atoms with E-state index in [0.717, 1.165) is 16.6 Å². The molecule has 116 valence electrons. The summed E-state index contributed by atoms with van der Waals surface area (Å²) >= 11 is 0. The highest BCUT2D eigenvalue weighted by atomic mass is 16.6. The second-order valence-electron chi connectivity index (χ2n) is 5.07. The Morgan fingerprint density at radius 2 is 1.91 bits per heavy atom. The van der Waals surface area contributed by atoms with Gasteiger partial charge in [-0.05, 0) is 23.8 Å². The zero-order valence-corrected chi connectivity index (χ0v) is 12.8. The van der Waals surface area contributed by atoms with E-state index in [-0.39, 0.29) is 0 Å². The van der Waals surface area contributed by atoms with Crippen molar-refractivity contribution in [2.45, 2.75) is 19.6 Å². The second kappa shape index (κ2) is 6.87. The summed E-state index contributed by atoms with van der Waals surface area (Å²) in [7, 11) is 0. The Balaban J connectivity index is 1.74. The molecular weight excluding hydrogens is 290 g/mol. The molecule has 1 unspecified atom stereocenters. The lowest BCUT2D eigenvalue weighted by atomic mass is 10.2. The van der Waals surface area contributed by atoms with Gasteiger partial charge in [-0.15, -0.1) is 5.10 Å². The maximum Gasteiger partial charge on any atom is 0.332 e. The Bertz CT molecular complexity index is 824. The van der Waals surface area contributed by atoms with Crippen LogP contribution in [0.1, 0.15) is 25.1 Å². The van der Waals surface area contributed by atoms with Crippen molar-refractivity contribution < 1.29 is 9.53 Å². The van der Waals surface area contributed by atoms with E-state index in [2.05, 4.69) is 10.3 Å². The largest absolute Gasteiger partial charge is 0.436 e. The summed E-state index contributed by atoms with van der Waals surface area (Å²) < 4.78 is 7.15. The van der Waals surface area contributed by atoms with Gasteiger partial charge in [0.2, 0.25) is 0 Å². The summed E-state index contributed by atoms with van der Waals surface area (Å²) in [5.41, 5.74) is 2.57. The van der Waals surface area contributed by atoms with Crippen LogP contribution < -0.4 is 0 Å². The number of ether oxygens (including phenoxy) is 1. The van der Waals surface area contributed by atoms with Crippen LogP contribution in [0.4, 0.5) is 0 Å². The molecule has 5 heteroatoms. The fraction of sp³-hybridized carbons (Fsp3) is 0.167. The van der Waals surface area contributed by atoms with Gasteiger partial charge in [0.1, 0.15) is 5.52 Å². The van der Waals surface area contributed by atoms with Crippen molar-refractivity contribution in [2.75, 3.05) is 0 Å². The van der Waals surface area contributed by atoms with Crippen molar-refractivity contribution in [2.24, 2.45) is 0 Å². The number of para-hydroxylation sites is 1. The molecule has 0 spiro atoms. The molecule has 0 N–H and O–H groups in total. The third-order valence-electron chi connectivity index (χ3n) is 3.46. The molecule has 23 heavy (non-hydrogen) atoms. The van der Waals surface area contributed by atoms with Crippen LogP contribution in [0.5, 0.6) is 0 Å². The molecule has 1 aromatic heterocycles. The molecule has 0 saturated carbocycles. The average Bonchev–Trinajstić information content (AvgIpc) is 3.03. The van der Waals surface area contributed by atoms with Crippen molar-refractivity contribution >= 4 is 23.1 Å². The first-order valence-electron chi connectivity index (χ1n) is 7.51. The van der Waals surface area contributed by atoms with Gasteiger partial charge in [-0.25, -0.2) is 9.48 Å². The van der Waals surface area contributed by atoms with Gasteiger partial charge in [-0.2, -0.15) is 0 Å². The van der Waals surface area contributed by atoms with Crippen LogP contribution >= 0.6 is 0 Å². The number of hydrogen-bond acceptors (Lipinski definition) is 4. The lowest BCUT2D eigenvalue weighted by Gasteiger charge is -2.15. The molecule has 3 rings (SSSR count). The number of hydrogen-bond donors (Lipinski definition) is 0. The van der Waals surface area contributed by atoms with Crippen molar-refractivity contribution in [3.05, 3.63) is 66.2 Å². The van der Waals surface area contributed by atoms with Crippen LogP contribution in [0, 0.1) is 0 Å². The number of esters is 1. The van der Waals surface area contributed by atoms with E-state index in [1.807, 2.05) is 61.5 Å². The lowest BCUT2D eigenvalue weighted by molar-refractivity contribution is -0.148. The van der Waals surface area contributed by atoms with Crippen molar-refractivity contribution in [3.63, 3.8) is 0 Å². The quantitative estimate of drug-likeness (QED) is 0.534. The van der Waals surface area contributed by atoms with Gasteiger partial charge in [-0.1, -0.05) is 54.6 Å². The number of aromatic nitrogens is 3. The monoisotopic (exact) mass is 307 g/mol. The Kier molecular flexibility index (Phi) is 4.47. The van der Waals surface area contributed by atoms with Crippen molar-refractivity contribution in [3.8, 4) is 0 Å². The van der Waals surface area contributed by atoms with Crippen LogP contribution in [0.25, 0.3) is 17.1 Å². The molecule has 0 bridgehead atoms. The van der Waals surface area contributed by atoms with Crippen LogP contribution in [-0.2, 0) is 9.53 Å². The first kappa shape index (κ1) is 15.0. The Labute approximate surface area is 134 Å². The molecule has 0 amide bonds. The highest BCUT2D eigenvalue weighted by Crippen LogP contribution is 2.19. The highest BCUT2D eigenvalue weighted by Gasteiger charge is 2.16. The first-order valence-corrected chi connectivity index (χ1v) is 7.51. The minimum absolute atomic E-state index is 0.403. The molecule has 0 aliphatic heterocycles. The second-order valence-corrected chi connectivity index (χ2v) is 5.07. The normalized spacial score (nSPS) is 12.6. The van der Waals surface area contributed by atoms with Gasteiger partial charge in [0.05, 0.1) is 5.52 Å². The fourth-order valence-electron chi connectivity index (χ4n) is 2.31. The number of nitrogens with zero attached hydrogens (tertiary/aromatic N) is 3. The van der Waals surface area contributed by atoms with E-state index in [0.29, 0.717) is 6.42 Å². The maximum atomic E-state index is 12.0. The molecule has 0 saturated heterocycles. The van der Waals surface area contributed by atoms with Crippen LogP contribution in [-0.4, -0.2) is 21.0 Å². The average molecular weight is 307 g/mol. The molecule has 0 radical (unpaired) electrons. The Morgan fingerprint density at radius 1 is 1.17 bits per heavy atom. The third-order valence-corrected chi connectivity index (χ3v) is 3.46. The third kappa shape index (κ3) is 3.45.